The standard InChI is InChI=1S/C23H33N9O3/c24-13-19-14-25-22(26-15-19)32-8-6-30(7-9-32)21(34)1-11-35-12-10-29-2-4-31(5-3-29)23-27-16-20(18-33)17-28-23/h14-18H,1-13,24H2. The number of hydrogen-bond donors (Lipinski definition) is 1. The van der Waals surface area contributed by atoms with E-state index in [1.54, 1.807) is 24.8 Å². The van der Waals surface area contributed by atoms with Crippen LogP contribution in [0.5, 0.6) is 0 Å². The first-order valence-electron chi connectivity index (χ1n) is 12.0. The van der Waals surface area contributed by atoms with Crippen molar-refractivity contribution in [3.8, 4) is 0 Å². The van der Waals surface area contributed by atoms with Gasteiger partial charge in [0.05, 0.1) is 25.2 Å². The van der Waals surface area contributed by atoms with E-state index in [4.69, 9.17) is 10.5 Å². The Labute approximate surface area is 205 Å². The van der Waals surface area contributed by atoms with Gasteiger partial charge in [-0.15, -0.1) is 0 Å². The maximum atomic E-state index is 12.5. The second kappa shape index (κ2) is 12.5. The molecule has 188 valence electrons. The monoisotopic (exact) mass is 483 g/mol. The molecular formula is C23H33N9O3. The zero-order chi connectivity index (χ0) is 24.5. The summed E-state index contributed by atoms with van der Waals surface area (Å²) in [6, 6.07) is 0. The van der Waals surface area contributed by atoms with Crippen LogP contribution in [0, 0.1) is 0 Å². The average molecular weight is 484 g/mol. The van der Waals surface area contributed by atoms with Gasteiger partial charge in [0, 0.05) is 95.8 Å². The lowest BCUT2D eigenvalue weighted by atomic mass is 10.3. The Balaban J connectivity index is 1.07. The minimum atomic E-state index is 0.123. The minimum absolute atomic E-state index is 0.123. The van der Waals surface area contributed by atoms with Crippen LogP contribution in [0.1, 0.15) is 22.3 Å². The number of amides is 1. The van der Waals surface area contributed by atoms with E-state index in [1.807, 2.05) is 4.90 Å². The average Bonchev–Trinajstić information content (AvgIpc) is 2.93. The zero-order valence-electron chi connectivity index (χ0n) is 20.0. The molecule has 35 heavy (non-hydrogen) atoms. The first-order valence-corrected chi connectivity index (χ1v) is 12.0. The van der Waals surface area contributed by atoms with Crippen molar-refractivity contribution in [3.05, 3.63) is 35.9 Å². The number of aromatic nitrogens is 4. The summed E-state index contributed by atoms with van der Waals surface area (Å²) in [5, 5.41) is 0. The highest BCUT2D eigenvalue weighted by molar-refractivity contribution is 5.76. The molecule has 0 atom stereocenters. The molecule has 0 aromatic carbocycles. The fraction of sp³-hybridized carbons (Fsp3) is 0.565. The van der Waals surface area contributed by atoms with Crippen LogP contribution in [0.3, 0.4) is 0 Å². The fourth-order valence-electron chi connectivity index (χ4n) is 4.11. The third-order valence-electron chi connectivity index (χ3n) is 6.30. The van der Waals surface area contributed by atoms with Gasteiger partial charge in [-0.05, 0) is 0 Å². The van der Waals surface area contributed by atoms with Crippen LogP contribution in [0.4, 0.5) is 11.9 Å². The molecule has 0 unspecified atom stereocenters. The topological polar surface area (TPSA) is 134 Å². The molecule has 2 N–H and O–H groups in total. The van der Waals surface area contributed by atoms with E-state index in [0.717, 1.165) is 44.6 Å². The lowest BCUT2D eigenvalue weighted by Gasteiger charge is -2.35. The zero-order valence-corrected chi connectivity index (χ0v) is 20.0. The Bertz CT molecular complexity index is 942. The molecule has 0 bridgehead atoms. The Morgan fingerprint density at radius 1 is 0.857 bits per heavy atom. The van der Waals surface area contributed by atoms with Crippen molar-refractivity contribution < 1.29 is 14.3 Å². The number of nitrogens with zero attached hydrogens (tertiary/aromatic N) is 8. The van der Waals surface area contributed by atoms with Gasteiger partial charge in [-0.25, -0.2) is 19.9 Å². The van der Waals surface area contributed by atoms with Gasteiger partial charge in [0.1, 0.15) is 0 Å². The number of carbonyl (C=O) groups is 2. The summed E-state index contributed by atoms with van der Waals surface area (Å²) in [6.07, 6.45) is 7.73. The van der Waals surface area contributed by atoms with E-state index in [1.165, 1.54) is 0 Å². The van der Waals surface area contributed by atoms with Crippen LogP contribution in [-0.2, 0) is 16.1 Å². The summed E-state index contributed by atoms with van der Waals surface area (Å²) in [7, 11) is 0. The molecule has 2 aromatic rings. The normalized spacial score (nSPS) is 17.0. The fourth-order valence-corrected chi connectivity index (χ4v) is 4.11. The van der Waals surface area contributed by atoms with E-state index >= 15 is 0 Å². The van der Waals surface area contributed by atoms with Gasteiger partial charge in [0.25, 0.3) is 0 Å². The van der Waals surface area contributed by atoms with Gasteiger partial charge >= 0.3 is 0 Å². The molecule has 1 amide bonds. The van der Waals surface area contributed by atoms with E-state index < -0.39 is 0 Å². The largest absolute Gasteiger partial charge is 0.380 e. The first-order chi connectivity index (χ1) is 17.2. The SMILES string of the molecule is NCc1cnc(N2CCN(C(=O)CCOCCN3CCN(c4ncc(C=O)cn4)CC3)CC2)nc1. The van der Waals surface area contributed by atoms with Gasteiger partial charge in [-0.2, -0.15) is 0 Å². The second-order valence-electron chi connectivity index (χ2n) is 8.59. The molecule has 0 aliphatic carbocycles. The van der Waals surface area contributed by atoms with Crippen LogP contribution in [0.15, 0.2) is 24.8 Å². The van der Waals surface area contributed by atoms with Crippen molar-refractivity contribution in [1.29, 1.82) is 0 Å². The summed E-state index contributed by atoms with van der Waals surface area (Å²) in [5.41, 5.74) is 6.98. The summed E-state index contributed by atoms with van der Waals surface area (Å²) >= 11 is 0. The predicted molar refractivity (Wildman–Crippen MR) is 130 cm³/mol. The number of aldehydes is 1. The number of carbonyl (C=O) groups excluding carboxylic acids is 2. The highest BCUT2D eigenvalue weighted by Gasteiger charge is 2.22. The Kier molecular flexibility index (Phi) is 8.87. The molecule has 2 aliphatic rings. The second-order valence-corrected chi connectivity index (χ2v) is 8.59. The Morgan fingerprint density at radius 2 is 1.43 bits per heavy atom. The molecule has 4 heterocycles. The maximum Gasteiger partial charge on any atom is 0.225 e. The van der Waals surface area contributed by atoms with Crippen LogP contribution >= 0.6 is 0 Å². The molecule has 2 aliphatic heterocycles. The van der Waals surface area contributed by atoms with Gasteiger partial charge in [-0.3, -0.25) is 14.5 Å². The molecule has 2 aromatic heterocycles. The van der Waals surface area contributed by atoms with Crippen molar-refractivity contribution in [3.63, 3.8) is 0 Å². The lowest BCUT2D eigenvalue weighted by Crippen LogP contribution is -2.49. The van der Waals surface area contributed by atoms with Crippen LogP contribution in [-0.4, -0.2) is 114 Å². The first kappa shape index (κ1) is 24.9. The van der Waals surface area contributed by atoms with E-state index in [9.17, 15) is 9.59 Å². The quantitative estimate of drug-likeness (QED) is 0.343. The summed E-state index contributed by atoms with van der Waals surface area (Å²) < 4.78 is 5.75. The third kappa shape index (κ3) is 6.90. The van der Waals surface area contributed by atoms with Crippen molar-refractivity contribution in [1.82, 2.24) is 29.7 Å². The maximum absolute atomic E-state index is 12.5. The molecule has 2 fully saturated rings. The Hall–Kier alpha value is -3.22. The van der Waals surface area contributed by atoms with Gasteiger partial charge in [-0.1, -0.05) is 0 Å². The van der Waals surface area contributed by atoms with Crippen LogP contribution < -0.4 is 15.5 Å². The Morgan fingerprint density at radius 3 is 2.00 bits per heavy atom. The molecule has 2 saturated heterocycles. The number of anilines is 2. The van der Waals surface area contributed by atoms with Gasteiger partial charge in [0.2, 0.25) is 17.8 Å². The van der Waals surface area contributed by atoms with Gasteiger partial charge < -0.3 is 25.2 Å². The van der Waals surface area contributed by atoms with E-state index in [0.29, 0.717) is 69.8 Å². The smallest absolute Gasteiger partial charge is 0.225 e. The molecule has 0 spiro atoms. The minimum Gasteiger partial charge on any atom is -0.380 e. The van der Waals surface area contributed by atoms with Crippen molar-refractivity contribution in [2.75, 3.05) is 81.9 Å². The van der Waals surface area contributed by atoms with Crippen molar-refractivity contribution >= 4 is 24.1 Å². The molecule has 0 radical (unpaired) electrons. The lowest BCUT2D eigenvalue weighted by molar-refractivity contribution is -0.132. The number of piperazine rings is 2. The highest BCUT2D eigenvalue weighted by atomic mass is 16.5. The van der Waals surface area contributed by atoms with Crippen molar-refractivity contribution in [2.45, 2.75) is 13.0 Å². The number of ether oxygens (including phenoxy) is 1. The van der Waals surface area contributed by atoms with Crippen LogP contribution in [0.25, 0.3) is 0 Å². The molecule has 12 nitrogen and oxygen atoms in total. The van der Waals surface area contributed by atoms with Crippen LogP contribution in [0.2, 0.25) is 0 Å². The molecule has 4 rings (SSSR count). The van der Waals surface area contributed by atoms with Crippen molar-refractivity contribution in [2.24, 2.45) is 5.73 Å². The number of nitrogens with two attached hydrogens (primary N) is 1. The van der Waals surface area contributed by atoms with Gasteiger partial charge in [0.15, 0.2) is 6.29 Å². The molecular weight excluding hydrogens is 450 g/mol. The number of rotatable bonds is 10. The van der Waals surface area contributed by atoms with E-state index in [-0.39, 0.29) is 5.91 Å². The summed E-state index contributed by atoms with van der Waals surface area (Å²) in [4.78, 5) is 48.9. The third-order valence-corrected chi connectivity index (χ3v) is 6.30. The highest BCUT2D eigenvalue weighted by Crippen LogP contribution is 2.12. The molecule has 0 saturated carbocycles. The predicted octanol–water partition coefficient (Wildman–Crippen LogP) is -0.585. The summed E-state index contributed by atoms with van der Waals surface area (Å²) in [5.74, 6) is 1.46. The number of hydrogen-bond acceptors (Lipinski definition) is 11. The summed E-state index contributed by atoms with van der Waals surface area (Å²) in [6.45, 7) is 8.47. The van der Waals surface area contributed by atoms with E-state index in [2.05, 4.69) is 34.6 Å². The molecule has 12 heteroatoms.